The molecule has 0 aromatic carbocycles. The van der Waals surface area contributed by atoms with Crippen LogP contribution in [-0.2, 0) is 9.53 Å². The van der Waals surface area contributed by atoms with Crippen LogP contribution < -0.4 is 17.0 Å². The molecule has 0 aliphatic heterocycles. The van der Waals surface area contributed by atoms with Gasteiger partial charge in [-0.1, -0.05) is 72.1 Å². The van der Waals surface area contributed by atoms with Gasteiger partial charge in [0.05, 0.1) is 12.7 Å². The van der Waals surface area contributed by atoms with Crippen molar-refractivity contribution in [3.63, 3.8) is 0 Å². The molecule has 0 aliphatic rings. The maximum atomic E-state index is 9.50. The normalized spacial score (nSPS) is 8.62. The Hall–Kier alpha value is 0.676. The predicted molar refractivity (Wildman–Crippen MR) is 103 cm³/mol. The van der Waals surface area contributed by atoms with Gasteiger partial charge < -0.3 is 33.7 Å². The number of unbranched alkanes of at least 4 members (excludes halogenated alkanes) is 6. The molecule has 0 radical (unpaired) electrons. The molecule has 144 valence electrons. The van der Waals surface area contributed by atoms with Gasteiger partial charge in [-0.05, 0) is 19.8 Å². The van der Waals surface area contributed by atoms with E-state index in [9.17, 15) is 9.90 Å². The fraction of sp³-hybridized carbons (Fsp3) is 0.895. The second kappa shape index (κ2) is 39.0. The van der Waals surface area contributed by atoms with Crippen LogP contribution in [-0.4, -0.2) is 47.3 Å². The Kier molecular flexibility index (Phi) is 58.0. The van der Waals surface area contributed by atoms with Gasteiger partial charge in [0.15, 0.2) is 0 Å². The maximum absolute atomic E-state index is 9.50. The van der Waals surface area contributed by atoms with Crippen LogP contribution in [0, 0.1) is 6.92 Å². The fourth-order valence-electron chi connectivity index (χ4n) is 1.72. The molecule has 24 heavy (non-hydrogen) atoms. The molecule has 0 saturated heterocycles. The van der Waals surface area contributed by atoms with Crippen LogP contribution >= 0.6 is 0 Å². The molecule has 0 aromatic rings. The van der Waals surface area contributed by atoms with Gasteiger partial charge in [0, 0.05) is 0 Å². The first-order valence-electron chi connectivity index (χ1n) is 9.16. The fourth-order valence-corrected chi connectivity index (χ4v) is 1.72. The predicted octanol–water partition coefficient (Wildman–Crippen LogP) is 2.32. The minimum absolute atomic E-state index is 0. The number of aliphatic hydroxyl groups excluding tert-OH is 1. The summed E-state index contributed by atoms with van der Waals surface area (Å²) in [6.45, 7) is 12.9. The zero-order chi connectivity index (χ0) is 17.5. The van der Waals surface area contributed by atoms with Crippen molar-refractivity contribution in [1.82, 2.24) is 0 Å². The Balaban J connectivity index is -0.0000000847. The van der Waals surface area contributed by atoms with Crippen LogP contribution in [0.1, 0.15) is 98.3 Å². The van der Waals surface area contributed by atoms with Gasteiger partial charge in [-0.15, -0.1) is 0 Å². The van der Waals surface area contributed by atoms with Crippen molar-refractivity contribution in [2.45, 2.75) is 104 Å². The second-order valence-corrected chi connectivity index (χ2v) is 5.40. The summed E-state index contributed by atoms with van der Waals surface area (Å²) >= 11 is 0. The average molecular weight is 422 g/mol. The summed E-state index contributed by atoms with van der Waals surface area (Å²) in [5, 5.41) is 9.50. The van der Waals surface area contributed by atoms with E-state index in [1.807, 2.05) is 0 Å². The van der Waals surface area contributed by atoms with E-state index >= 15 is 0 Å². The van der Waals surface area contributed by atoms with Crippen LogP contribution in [0.4, 0.5) is 0 Å². The van der Waals surface area contributed by atoms with Crippen LogP contribution in [0.15, 0.2) is 0 Å². The standard InChI is InChI=1S/C11H24O.C5H11.C3H6O2.BrH.Mg/c1-3-5-7-9-11(12)10-8-6-4-2;1-3-5-4-2;1-2-5-3-4;;/h11-12H,3-10H2,1-2H3;1,3-5H2,2H3;3H,2H2,1H3;1H;/q;-1;;;+2/p-1. The smallest absolute Gasteiger partial charge is 1.00 e. The van der Waals surface area contributed by atoms with Crippen LogP contribution in [0.25, 0.3) is 0 Å². The van der Waals surface area contributed by atoms with Gasteiger partial charge in [0.1, 0.15) is 0 Å². The number of carbonyl (C=O) groups excluding carboxylic acids is 1. The third-order valence-corrected chi connectivity index (χ3v) is 3.12. The first kappa shape index (κ1) is 35.7. The quantitative estimate of drug-likeness (QED) is 0.228. The number of rotatable bonds is 12. The van der Waals surface area contributed by atoms with E-state index in [4.69, 9.17) is 0 Å². The Morgan fingerprint density at radius 1 is 0.917 bits per heavy atom. The Morgan fingerprint density at radius 2 is 1.33 bits per heavy atom. The molecule has 0 amide bonds. The van der Waals surface area contributed by atoms with Gasteiger partial charge in [-0.25, -0.2) is 0 Å². The van der Waals surface area contributed by atoms with Gasteiger partial charge in [-0.3, -0.25) is 4.79 Å². The molecule has 0 rings (SSSR count). The van der Waals surface area contributed by atoms with Gasteiger partial charge >= 0.3 is 23.1 Å². The van der Waals surface area contributed by atoms with Crippen molar-refractivity contribution >= 4 is 29.5 Å². The van der Waals surface area contributed by atoms with Gasteiger partial charge in [-0.2, -0.15) is 6.42 Å². The molecule has 0 fully saturated rings. The largest absolute Gasteiger partial charge is 2.00 e. The molecule has 1 N–H and O–H groups in total. The Labute approximate surface area is 178 Å². The van der Waals surface area contributed by atoms with E-state index in [1.54, 1.807) is 6.92 Å². The van der Waals surface area contributed by atoms with Gasteiger partial charge in [0.2, 0.25) is 0 Å². The van der Waals surface area contributed by atoms with Crippen molar-refractivity contribution < 1.29 is 31.6 Å². The number of halogens is 1. The second-order valence-electron chi connectivity index (χ2n) is 5.40. The molecule has 0 bridgehead atoms. The molecule has 0 aromatic heterocycles. The van der Waals surface area contributed by atoms with Crippen LogP contribution in [0.2, 0.25) is 0 Å². The third-order valence-electron chi connectivity index (χ3n) is 3.12. The topological polar surface area (TPSA) is 46.5 Å². The average Bonchev–Trinajstić information content (AvgIpc) is 2.51. The van der Waals surface area contributed by atoms with E-state index < -0.39 is 0 Å². The number of hydrogen-bond donors (Lipinski definition) is 1. The van der Waals surface area contributed by atoms with Crippen molar-refractivity contribution in [2.24, 2.45) is 0 Å². The molecule has 3 nitrogen and oxygen atoms in total. The number of aliphatic hydroxyl groups is 1. The van der Waals surface area contributed by atoms with E-state index in [-0.39, 0.29) is 46.1 Å². The zero-order valence-electron chi connectivity index (χ0n) is 16.7. The van der Waals surface area contributed by atoms with Gasteiger partial charge in [0.25, 0.3) is 6.47 Å². The molecule has 0 heterocycles. The maximum Gasteiger partial charge on any atom is 2.00 e. The monoisotopic (exact) mass is 420 g/mol. The molecular formula is C19H41BrMgO3. The van der Waals surface area contributed by atoms with E-state index in [1.165, 1.54) is 51.4 Å². The summed E-state index contributed by atoms with van der Waals surface area (Å²) in [7, 11) is 0. The molecule has 0 atom stereocenters. The number of hydrogen-bond acceptors (Lipinski definition) is 3. The molecule has 5 heteroatoms. The van der Waals surface area contributed by atoms with Crippen molar-refractivity contribution in [1.29, 1.82) is 0 Å². The van der Waals surface area contributed by atoms with Crippen LogP contribution in [0.5, 0.6) is 0 Å². The number of carbonyl (C=O) groups is 1. The summed E-state index contributed by atoms with van der Waals surface area (Å²) in [5.74, 6) is 0. The van der Waals surface area contributed by atoms with E-state index in [2.05, 4.69) is 32.4 Å². The SMILES string of the molecule is CCCCCC(O)CCCCC.CCOC=O.[Br-].[CH2-]CCCC.[Mg+2]. The van der Waals surface area contributed by atoms with E-state index in [0.29, 0.717) is 13.1 Å². The molecule has 0 saturated carbocycles. The summed E-state index contributed by atoms with van der Waals surface area (Å²) in [6.07, 6.45) is 13.1. The first-order chi connectivity index (χ1) is 10.6. The molecular weight excluding hydrogens is 380 g/mol. The number of ether oxygens (including phenoxy) is 1. The summed E-state index contributed by atoms with van der Waals surface area (Å²) in [6, 6.07) is 0. The molecule has 0 unspecified atom stereocenters. The third kappa shape index (κ3) is 49.5. The summed E-state index contributed by atoms with van der Waals surface area (Å²) < 4.78 is 4.15. The Bertz CT molecular complexity index is 172. The minimum atomic E-state index is -0.0249. The van der Waals surface area contributed by atoms with Crippen molar-refractivity contribution in [2.75, 3.05) is 6.61 Å². The van der Waals surface area contributed by atoms with E-state index in [0.717, 1.165) is 19.3 Å². The summed E-state index contributed by atoms with van der Waals surface area (Å²) in [4.78, 5) is 9.18. The van der Waals surface area contributed by atoms with Crippen LogP contribution in [0.3, 0.4) is 0 Å². The van der Waals surface area contributed by atoms with Crippen molar-refractivity contribution in [3.05, 3.63) is 6.92 Å². The first-order valence-corrected chi connectivity index (χ1v) is 9.16. The Morgan fingerprint density at radius 3 is 1.50 bits per heavy atom. The van der Waals surface area contributed by atoms with Crippen molar-refractivity contribution in [3.8, 4) is 0 Å². The molecule has 0 aliphatic carbocycles. The zero-order valence-corrected chi connectivity index (χ0v) is 19.7. The summed E-state index contributed by atoms with van der Waals surface area (Å²) in [5.41, 5.74) is 0. The molecule has 0 spiro atoms. The minimum Gasteiger partial charge on any atom is -1.00 e.